The number of hydrogen-bond acceptors (Lipinski definition) is 7. The average Bonchev–Trinajstić information content (AvgIpc) is 2.88. The van der Waals surface area contributed by atoms with Crippen LogP contribution in [0.1, 0.15) is 28.5 Å². The second-order valence-electron chi connectivity index (χ2n) is 7.89. The summed E-state index contributed by atoms with van der Waals surface area (Å²) in [6.07, 6.45) is 1.36. The number of nitrogens with one attached hydrogen (secondary N) is 1. The Morgan fingerprint density at radius 3 is 2.69 bits per heavy atom. The number of hydrogen-bond donors (Lipinski definition) is 2. The van der Waals surface area contributed by atoms with Gasteiger partial charge in [-0.15, -0.1) is 0 Å². The van der Waals surface area contributed by atoms with Crippen molar-refractivity contribution in [3.05, 3.63) is 71.0 Å². The molecule has 0 bridgehead atoms. The number of carbonyl (C=O) groups excluding carboxylic acids is 1. The number of pyridine rings is 2. The van der Waals surface area contributed by atoms with E-state index < -0.39 is 17.9 Å². The monoisotopic (exact) mass is 496 g/mol. The first kappa shape index (κ1) is 24.4. The lowest BCUT2D eigenvalue weighted by molar-refractivity contribution is -0.137. The number of carboxylic acid groups (broad SMARTS) is 1. The summed E-state index contributed by atoms with van der Waals surface area (Å²) < 4.78 is 10.9. The van der Waals surface area contributed by atoms with Gasteiger partial charge in [0.2, 0.25) is 0 Å². The van der Waals surface area contributed by atoms with Crippen molar-refractivity contribution in [2.24, 2.45) is 0 Å². The lowest BCUT2D eigenvalue weighted by Gasteiger charge is -2.28. The van der Waals surface area contributed by atoms with Crippen LogP contribution in [0.2, 0.25) is 5.02 Å². The fraction of sp³-hybridized carbons (Fsp3) is 0.280. The van der Waals surface area contributed by atoms with Crippen molar-refractivity contribution >= 4 is 29.3 Å². The van der Waals surface area contributed by atoms with E-state index in [1.807, 2.05) is 6.07 Å². The molecule has 2 N–H and O–H groups in total. The molecule has 0 saturated carbocycles. The van der Waals surface area contributed by atoms with Crippen molar-refractivity contribution in [3.8, 4) is 17.0 Å². The van der Waals surface area contributed by atoms with Gasteiger partial charge in [-0.3, -0.25) is 9.59 Å². The molecule has 1 atom stereocenters. The maximum atomic E-state index is 13.1. The summed E-state index contributed by atoms with van der Waals surface area (Å²) in [5, 5.41) is 12.5. The predicted octanol–water partition coefficient (Wildman–Crippen LogP) is 3.59. The van der Waals surface area contributed by atoms with Crippen molar-refractivity contribution < 1.29 is 24.2 Å². The molecule has 1 aromatic carbocycles. The van der Waals surface area contributed by atoms with Crippen molar-refractivity contribution in [1.82, 2.24) is 15.3 Å². The molecule has 1 fully saturated rings. The number of carbonyl (C=O) groups is 2. The Bertz CT molecular complexity index is 1220. The number of aliphatic carboxylic acids is 1. The van der Waals surface area contributed by atoms with Gasteiger partial charge < -0.3 is 24.8 Å². The van der Waals surface area contributed by atoms with Crippen LogP contribution in [-0.4, -0.2) is 60.4 Å². The molecule has 3 aromatic rings. The highest BCUT2D eigenvalue weighted by Gasteiger charge is 2.23. The van der Waals surface area contributed by atoms with Gasteiger partial charge in [0.1, 0.15) is 23.0 Å². The molecule has 1 aliphatic heterocycles. The Kier molecular flexibility index (Phi) is 7.79. The minimum absolute atomic E-state index is 0.118. The van der Waals surface area contributed by atoms with Crippen LogP contribution in [0.5, 0.6) is 5.75 Å². The molecule has 1 aliphatic rings. The molecule has 0 aliphatic carbocycles. The van der Waals surface area contributed by atoms with Crippen LogP contribution in [0.3, 0.4) is 0 Å². The Morgan fingerprint density at radius 2 is 1.97 bits per heavy atom. The molecular formula is C25H25ClN4O5. The summed E-state index contributed by atoms with van der Waals surface area (Å²) in [5.74, 6) is -0.313. The third-order valence-electron chi connectivity index (χ3n) is 5.63. The quantitative estimate of drug-likeness (QED) is 0.486. The third-order valence-corrected chi connectivity index (χ3v) is 5.97. The average molecular weight is 497 g/mol. The summed E-state index contributed by atoms with van der Waals surface area (Å²) in [5.41, 5.74) is 1.85. The number of morpholine rings is 1. The molecule has 182 valence electrons. The summed E-state index contributed by atoms with van der Waals surface area (Å²) in [6, 6.07) is 12.9. The van der Waals surface area contributed by atoms with Gasteiger partial charge >= 0.3 is 5.97 Å². The number of nitrogens with zero attached hydrogens (tertiary/aromatic N) is 3. The first-order chi connectivity index (χ1) is 17.0. The van der Waals surface area contributed by atoms with E-state index in [1.54, 1.807) is 42.6 Å². The van der Waals surface area contributed by atoms with Crippen LogP contribution in [-0.2, 0) is 9.53 Å². The van der Waals surface area contributed by atoms with E-state index in [0.29, 0.717) is 35.2 Å². The highest BCUT2D eigenvalue weighted by atomic mass is 35.5. The van der Waals surface area contributed by atoms with Gasteiger partial charge in [-0.1, -0.05) is 29.8 Å². The van der Waals surface area contributed by atoms with Crippen molar-refractivity contribution in [1.29, 1.82) is 0 Å². The second kappa shape index (κ2) is 11.2. The molecule has 3 heterocycles. The zero-order chi connectivity index (χ0) is 24.8. The Balaban J connectivity index is 1.63. The maximum Gasteiger partial charge on any atom is 0.305 e. The largest absolute Gasteiger partial charge is 0.494 e. The lowest BCUT2D eigenvalue weighted by Crippen LogP contribution is -2.36. The summed E-state index contributed by atoms with van der Waals surface area (Å²) in [6.45, 7) is 2.73. The van der Waals surface area contributed by atoms with Gasteiger partial charge in [0.15, 0.2) is 0 Å². The van der Waals surface area contributed by atoms with Gasteiger partial charge in [0, 0.05) is 29.9 Å². The number of carboxylic acids is 1. The molecule has 4 rings (SSSR count). The fourth-order valence-corrected chi connectivity index (χ4v) is 4.15. The number of ether oxygens (including phenoxy) is 2. The number of rotatable bonds is 8. The topological polar surface area (TPSA) is 114 Å². The van der Waals surface area contributed by atoms with E-state index in [9.17, 15) is 14.7 Å². The van der Waals surface area contributed by atoms with E-state index in [2.05, 4.69) is 20.2 Å². The first-order valence-electron chi connectivity index (χ1n) is 11.1. The zero-order valence-corrected chi connectivity index (χ0v) is 19.9. The molecule has 0 unspecified atom stereocenters. The smallest absolute Gasteiger partial charge is 0.305 e. The minimum Gasteiger partial charge on any atom is -0.494 e. The molecule has 35 heavy (non-hydrogen) atoms. The van der Waals surface area contributed by atoms with Crippen LogP contribution in [0.4, 0.5) is 5.82 Å². The Labute approximate surface area is 207 Å². The van der Waals surface area contributed by atoms with Crippen LogP contribution in [0.25, 0.3) is 11.3 Å². The van der Waals surface area contributed by atoms with Gasteiger partial charge in [-0.2, -0.15) is 0 Å². The summed E-state index contributed by atoms with van der Waals surface area (Å²) in [7, 11) is 1.53. The van der Waals surface area contributed by atoms with Gasteiger partial charge in [0.25, 0.3) is 5.91 Å². The number of halogens is 1. The van der Waals surface area contributed by atoms with Crippen molar-refractivity contribution in [2.45, 2.75) is 12.5 Å². The lowest BCUT2D eigenvalue weighted by atomic mass is 10.0. The maximum absolute atomic E-state index is 13.1. The number of benzene rings is 1. The van der Waals surface area contributed by atoms with E-state index in [0.717, 1.165) is 24.5 Å². The SMILES string of the molecule is COc1ccc(C(=O)N[C@@H](CC(=O)O)c2ccccc2Cl)nc1-c1ccnc(N2CCOCC2)c1. The van der Waals surface area contributed by atoms with E-state index in [1.165, 1.54) is 13.2 Å². The summed E-state index contributed by atoms with van der Waals surface area (Å²) in [4.78, 5) is 35.7. The highest BCUT2D eigenvalue weighted by molar-refractivity contribution is 6.31. The minimum atomic E-state index is -1.06. The molecule has 2 aromatic heterocycles. The molecule has 0 radical (unpaired) electrons. The van der Waals surface area contributed by atoms with Gasteiger partial charge in [0.05, 0.1) is 32.8 Å². The molecule has 1 saturated heterocycles. The van der Waals surface area contributed by atoms with Crippen LogP contribution in [0, 0.1) is 0 Å². The predicted molar refractivity (Wildman–Crippen MR) is 131 cm³/mol. The molecule has 1 amide bonds. The second-order valence-corrected chi connectivity index (χ2v) is 8.30. The van der Waals surface area contributed by atoms with E-state index in [4.69, 9.17) is 21.1 Å². The molecule has 0 spiro atoms. The van der Waals surface area contributed by atoms with Crippen molar-refractivity contribution in [3.63, 3.8) is 0 Å². The van der Waals surface area contributed by atoms with Crippen LogP contribution >= 0.6 is 11.6 Å². The van der Waals surface area contributed by atoms with E-state index >= 15 is 0 Å². The van der Waals surface area contributed by atoms with Crippen LogP contribution < -0.4 is 15.0 Å². The molecular weight excluding hydrogens is 472 g/mol. The highest BCUT2D eigenvalue weighted by Crippen LogP contribution is 2.31. The third kappa shape index (κ3) is 5.87. The first-order valence-corrected chi connectivity index (χ1v) is 11.5. The normalized spacial score (nSPS) is 14.3. The molecule has 10 heteroatoms. The Morgan fingerprint density at radius 1 is 1.20 bits per heavy atom. The summed E-state index contributed by atoms with van der Waals surface area (Å²) >= 11 is 6.26. The van der Waals surface area contributed by atoms with Crippen LogP contribution in [0.15, 0.2) is 54.7 Å². The number of anilines is 1. The zero-order valence-electron chi connectivity index (χ0n) is 19.1. The number of amides is 1. The van der Waals surface area contributed by atoms with Gasteiger partial charge in [-0.25, -0.2) is 9.97 Å². The number of methoxy groups -OCH3 is 1. The fourth-order valence-electron chi connectivity index (χ4n) is 3.88. The van der Waals surface area contributed by atoms with Gasteiger partial charge in [-0.05, 0) is 35.9 Å². The van der Waals surface area contributed by atoms with E-state index in [-0.39, 0.29) is 12.1 Å². The molecule has 9 nitrogen and oxygen atoms in total. The number of aromatic nitrogens is 2. The Hall–Kier alpha value is -3.69. The standard InChI is InChI=1S/C25H25ClN4O5/c1-34-21-7-6-19(25(33)29-20(15-23(31)32)17-4-2-3-5-18(17)26)28-24(21)16-8-9-27-22(14-16)30-10-12-35-13-11-30/h2-9,14,20H,10-13,15H2,1H3,(H,29,33)(H,31,32)/t20-/m0/s1. The van der Waals surface area contributed by atoms with Crippen molar-refractivity contribution in [2.75, 3.05) is 38.3 Å².